The first kappa shape index (κ1) is 52.9. The predicted octanol–water partition coefficient (Wildman–Crippen LogP) is 4.12. The number of pyridine rings is 2. The zero-order valence-electron chi connectivity index (χ0n) is 36.7. The number of halogens is 1. The smallest absolute Gasteiger partial charge is 0.273 e. The van der Waals surface area contributed by atoms with Crippen molar-refractivity contribution in [2.75, 3.05) is 94.4 Å². The van der Waals surface area contributed by atoms with Crippen LogP contribution in [0.25, 0.3) is 0 Å². The third-order valence-electron chi connectivity index (χ3n) is 7.84. The van der Waals surface area contributed by atoms with E-state index in [1.54, 1.807) is 60.7 Å². The summed E-state index contributed by atoms with van der Waals surface area (Å²) in [5.41, 5.74) is 2.87. The first-order valence-electron chi connectivity index (χ1n) is 20.0. The van der Waals surface area contributed by atoms with Gasteiger partial charge in [-0.05, 0) is 31.0 Å². The van der Waals surface area contributed by atoms with Gasteiger partial charge >= 0.3 is 0 Å². The highest BCUT2D eigenvalue weighted by Gasteiger charge is 2.18. The molecule has 0 atom stereocenters. The standard InChI is InChI=1S/C22H29N3O6.C11H16FNO3.C11H14N2O3/c1-4-28-12-13-29-14-15-30-19-10-7-11-20(24-19)31-16-17-8-5-6-9-18(17)21(25-27-3)22(26)23-2;1-2-14-6-7-15-8-9-16-11-5-3-4-10(12)13-11;1-12-11(15)10(13-16-2)9-6-4-3-5-8(9)7-14/h5-11H,4,12-16H2,1-3H3,(H,23,26);3-5H,2,6-9H2,1H3;3-6,14H,7H2,1-2H3,(H,12,15)/b25-21+;;13-10+. The zero-order chi connectivity index (χ0) is 45.9. The maximum Gasteiger partial charge on any atom is 0.273 e. The Balaban J connectivity index is 0.000000359. The molecule has 0 radical (unpaired) electrons. The second kappa shape index (κ2) is 33.4. The molecule has 0 bridgehead atoms. The van der Waals surface area contributed by atoms with E-state index < -0.39 is 5.95 Å². The van der Waals surface area contributed by atoms with Crippen molar-refractivity contribution in [3.05, 3.63) is 113 Å². The van der Waals surface area contributed by atoms with Gasteiger partial charge in [-0.2, -0.15) is 14.4 Å². The number of aromatic nitrogens is 2. The number of likely N-dealkylation sites (N-methyl/N-ethyl adjacent to an activating group) is 2. The number of carbonyl (C=O) groups excluding carboxylic acids is 2. The molecule has 0 aliphatic carbocycles. The summed E-state index contributed by atoms with van der Waals surface area (Å²) in [6, 6.07) is 24.0. The lowest BCUT2D eigenvalue weighted by Crippen LogP contribution is -2.29. The molecule has 4 rings (SSSR count). The molecule has 0 aliphatic heterocycles. The zero-order valence-corrected chi connectivity index (χ0v) is 36.7. The normalized spacial score (nSPS) is 10.9. The SMILES string of the molecule is CCOCCOCCOc1cccc(F)n1.CCOCCOCCOc1cccc(OCc2ccccc2/C(=N\OC)C(=O)NC)n1.CNC(=O)/C(=N/OC)c1ccccc1CO. The molecule has 4 aromatic rings. The summed E-state index contributed by atoms with van der Waals surface area (Å²) in [6.07, 6.45) is 0. The minimum atomic E-state index is -0.547. The van der Waals surface area contributed by atoms with E-state index in [9.17, 15) is 14.0 Å². The number of benzene rings is 2. The van der Waals surface area contributed by atoms with E-state index in [1.807, 2.05) is 32.0 Å². The van der Waals surface area contributed by atoms with Gasteiger partial charge in [0, 0.05) is 56.6 Å². The number of hydrogen-bond donors (Lipinski definition) is 3. The Morgan fingerprint density at radius 1 is 0.571 bits per heavy atom. The summed E-state index contributed by atoms with van der Waals surface area (Å²) < 4.78 is 50.2. The number of carbonyl (C=O) groups is 2. The summed E-state index contributed by atoms with van der Waals surface area (Å²) in [7, 11) is 5.80. The van der Waals surface area contributed by atoms with Gasteiger partial charge in [-0.25, -0.2) is 0 Å². The van der Waals surface area contributed by atoms with Crippen LogP contribution in [0.4, 0.5) is 4.39 Å². The van der Waals surface area contributed by atoms with E-state index in [2.05, 4.69) is 35.8 Å². The molecule has 2 amide bonds. The van der Waals surface area contributed by atoms with Crippen molar-refractivity contribution in [1.82, 2.24) is 20.6 Å². The highest BCUT2D eigenvalue weighted by atomic mass is 19.1. The number of nitrogens with one attached hydrogen (secondary N) is 2. The van der Waals surface area contributed by atoms with Crippen LogP contribution in [0.2, 0.25) is 0 Å². The van der Waals surface area contributed by atoms with Crippen molar-refractivity contribution >= 4 is 23.2 Å². The summed E-state index contributed by atoms with van der Waals surface area (Å²) in [4.78, 5) is 41.1. The van der Waals surface area contributed by atoms with Crippen LogP contribution in [0.1, 0.15) is 36.1 Å². The van der Waals surface area contributed by atoms with Crippen molar-refractivity contribution in [1.29, 1.82) is 0 Å². The molecule has 2 heterocycles. The molecule has 2 aromatic heterocycles. The third kappa shape index (κ3) is 21.4. The molecule has 0 saturated carbocycles. The highest BCUT2D eigenvalue weighted by molar-refractivity contribution is 6.46. The van der Waals surface area contributed by atoms with Crippen molar-refractivity contribution in [3.8, 4) is 17.6 Å². The predicted molar refractivity (Wildman–Crippen MR) is 232 cm³/mol. The summed E-state index contributed by atoms with van der Waals surface area (Å²) >= 11 is 0. The first-order valence-corrected chi connectivity index (χ1v) is 20.0. The number of hydrogen-bond acceptors (Lipinski definition) is 16. The van der Waals surface area contributed by atoms with Crippen molar-refractivity contribution in [2.24, 2.45) is 10.3 Å². The fourth-order valence-electron chi connectivity index (χ4n) is 4.93. The van der Waals surface area contributed by atoms with E-state index in [1.165, 1.54) is 34.4 Å². The van der Waals surface area contributed by atoms with Crippen LogP contribution in [0, 0.1) is 5.95 Å². The average molecular weight is 883 g/mol. The van der Waals surface area contributed by atoms with Gasteiger partial charge in [-0.1, -0.05) is 71.0 Å². The summed E-state index contributed by atoms with van der Waals surface area (Å²) in [5.74, 6) is -0.154. The molecule has 63 heavy (non-hydrogen) atoms. The number of rotatable bonds is 26. The second-order valence-corrected chi connectivity index (χ2v) is 12.1. The lowest BCUT2D eigenvalue weighted by molar-refractivity contribution is -0.115. The lowest BCUT2D eigenvalue weighted by atomic mass is 10.0. The minimum Gasteiger partial charge on any atom is -0.475 e. The van der Waals surface area contributed by atoms with E-state index >= 15 is 0 Å². The van der Waals surface area contributed by atoms with Gasteiger partial charge in [-0.15, -0.1) is 0 Å². The number of aliphatic hydroxyl groups excluding tert-OH is 1. The Bertz CT molecular complexity index is 1960. The van der Waals surface area contributed by atoms with Crippen LogP contribution in [0.5, 0.6) is 17.6 Å². The molecule has 0 aliphatic rings. The van der Waals surface area contributed by atoms with Crippen LogP contribution >= 0.6 is 0 Å². The van der Waals surface area contributed by atoms with Gasteiger partial charge in [0.05, 0.1) is 46.2 Å². The molecule has 344 valence electrons. The minimum absolute atomic E-state index is 0.148. The van der Waals surface area contributed by atoms with E-state index in [0.717, 1.165) is 5.56 Å². The third-order valence-corrected chi connectivity index (χ3v) is 7.84. The maximum atomic E-state index is 12.6. The monoisotopic (exact) mass is 882 g/mol. The largest absolute Gasteiger partial charge is 0.475 e. The number of ether oxygens (including phenoxy) is 7. The van der Waals surface area contributed by atoms with Gasteiger partial charge in [0.1, 0.15) is 34.0 Å². The van der Waals surface area contributed by atoms with Gasteiger partial charge in [0.25, 0.3) is 11.8 Å². The molecule has 3 N–H and O–H groups in total. The van der Waals surface area contributed by atoms with Crippen molar-refractivity contribution < 1.29 is 61.9 Å². The first-order chi connectivity index (χ1) is 30.8. The summed E-state index contributed by atoms with van der Waals surface area (Å²) in [5, 5.41) is 21.7. The van der Waals surface area contributed by atoms with Crippen LogP contribution in [0.15, 0.2) is 95.2 Å². The van der Waals surface area contributed by atoms with E-state index in [4.69, 9.17) is 43.1 Å². The topological polar surface area (TPSA) is 212 Å². The van der Waals surface area contributed by atoms with Gasteiger partial charge in [0.15, 0.2) is 11.4 Å². The number of amides is 2. The van der Waals surface area contributed by atoms with E-state index in [-0.39, 0.29) is 42.3 Å². The fraction of sp³-hybridized carbons (Fsp3) is 0.409. The van der Waals surface area contributed by atoms with E-state index in [0.29, 0.717) is 94.5 Å². The van der Waals surface area contributed by atoms with Crippen LogP contribution in [-0.2, 0) is 51.4 Å². The average Bonchev–Trinajstić information content (AvgIpc) is 3.31. The molecule has 0 saturated heterocycles. The maximum absolute atomic E-state index is 12.6. The molecule has 18 nitrogen and oxygen atoms in total. The molecular formula is C44H59FN6O12. The molecule has 0 spiro atoms. The Kier molecular flexibility index (Phi) is 28.0. The Hall–Kier alpha value is -6.25. The van der Waals surface area contributed by atoms with Crippen LogP contribution in [-0.4, -0.2) is 133 Å². The van der Waals surface area contributed by atoms with Gasteiger partial charge in [0.2, 0.25) is 23.6 Å². The summed E-state index contributed by atoms with van der Waals surface area (Å²) in [6.45, 7) is 9.06. The fourth-order valence-corrected chi connectivity index (χ4v) is 4.93. The Morgan fingerprint density at radius 3 is 1.48 bits per heavy atom. The second-order valence-electron chi connectivity index (χ2n) is 12.1. The molecule has 0 fully saturated rings. The molecule has 2 aromatic carbocycles. The van der Waals surface area contributed by atoms with Crippen LogP contribution < -0.4 is 24.8 Å². The highest BCUT2D eigenvalue weighted by Crippen LogP contribution is 2.18. The van der Waals surface area contributed by atoms with Crippen molar-refractivity contribution in [3.63, 3.8) is 0 Å². The number of nitrogens with zero attached hydrogens (tertiary/aromatic N) is 4. The van der Waals surface area contributed by atoms with Gasteiger partial charge < -0.3 is 58.6 Å². The Labute approximate surface area is 367 Å². The van der Waals surface area contributed by atoms with Crippen LogP contribution in [0.3, 0.4) is 0 Å². The number of oxime groups is 2. The number of aliphatic hydroxyl groups is 1. The molecule has 19 heteroatoms. The van der Waals surface area contributed by atoms with Crippen molar-refractivity contribution in [2.45, 2.75) is 27.1 Å². The van der Waals surface area contributed by atoms with Gasteiger partial charge in [-0.3, -0.25) is 9.59 Å². The quantitative estimate of drug-likeness (QED) is 0.0351. The molecule has 0 unspecified atom stereocenters. The Morgan fingerprint density at radius 2 is 1.00 bits per heavy atom. The lowest BCUT2D eigenvalue weighted by Gasteiger charge is -2.12. The molecular weight excluding hydrogens is 824 g/mol.